The average molecular weight is 397 g/mol. The number of rotatable bonds is 7. The van der Waals surface area contributed by atoms with Gasteiger partial charge in [-0.2, -0.15) is 8.78 Å². The van der Waals surface area contributed by atoms with E-state index in [0.29, 0.717) is 10.7 Å². The van der Waals surface area contributed by atoms with Crippen LogP contribution >= 0.6 is 11.6 Å². The number of aryl methyl sites for hydroxylation is 1. The molecule has 27 heavy (non-hydrogen) atoms. The number of ether oxygens (including phenoxy) is 1. The van der Waals surface area contributed by atoms with Gasteiger partial charge >= 0.3 is 6.61 Å². The normalized spacial score (nSPS) is 10.6. The molecule has 0 atom stereocenters. The molecule has 0 aromatic heterocycles. The van der Waals surface area contributed by atoms with Crippen LogP contribution in [0.5, 0.6) is 5.75 Å². The van der Waals surface area contributed by atoms with E-state index in [0.717, 1.165) is 5.56 Å². The molecule has 0 aliphatic heterocycles. The second kappa shape index (κ2) is 9.32. The van der Waals surface area contributed by atoms with Crippen molar-refractivity contribution >= 4 is 29.1 Å². The fourth-order valence-corrected chi connectivity index (χ4v) is 2.58. The van der Waals surface area contributed by atoms with Gasteiger partial charge in [-0.15, -0.1) is 0 Å². The molecule has 0 fully saturated rings. The first kappa shape index (κ1) is 20.6. The standard InChI is InChI=1S/C19H19ClF2N2O3/c1-3-24(11-17(25)23-16-10-14(20)8-7-12(16)2)18(26)13-5-4-6-15(9-13)27-19(21)22/h4-10,19H,3,11H2,1-2H3,(H,23,25). The second-order valence-electron chi connectivity index (χ2n) is 5.73. The van der Waals surface area contributed by atoms with Gasteiger partial charge in [0.1, 0.15) is 12.3 Å². The Morgan fingerprint density at radius 2 is 1.96 bits per heavy atom. The molecule has 0 saturated carbocycles. The zero-order valence-electron chi connectivity index (χ0n) is 14.8. The molecular formula is C19H19ClF2N2O3. The summed E-state index contributed by atoms with van der Waals surface area (Å²) in [7, 11) is 0. The van der Waals surface area contributed by atoms with Gasteiger partial charge < -0.3 is 15.0 Å². The van der Waals surface area contributed by atoms with Crippen LogP contribution in [0.1, 0.15) is 22.8 Å². The van der Waals surface area contributed by atoms with Gasteiger partial charge in [0.2, 0.25) is 5.91 Å². The Kier molecular flexibility index (Phi) is 7.12. The van der Waals surface area contributed by atoms with Crippen molar-refractivity contribution < 1.29 is 23.1 Å². The molecule has 0 bridgehead atoms. The number of carbonyl (C=O) groups is 2. The summed E-state index contributed by atoms with van der Waals surface area (Å²) >= 11 is 5.93. The van der Waals surface area contributed by atoms with Gasteiger partial charge in [-0.1, -0.05) is 23.7 Å². The van der Waals surface area contributed by atoms with Gasteiger partial charge in [0.05, 0.1) is 0 Å². The number of halogens is 3. The van der Waals surface area contributed by atoms with Gasteiger partial charge in [0, 0.05) is 22.8 Å². The Morgan fingerprint density at radius 3 is 2.63 bits per heavy atom. The maximum Gasteiger partial charge on any atom is 0.387 e. The molecule has 0 aliphatic carbocycles. The molecule has 0 radical (unpaired) electrons. The molecule has 0 aliphatic rings. The largest absolute Gasteiger partial charge is 0.435 e. The third-order valence-electron chi connectivity index (χ3n) is 3.78. The minimum Gasteiger partial charge on any atom is -0.435 e. The van der Waals surface area contributed by atoms with Crippen molar-refractivity contribution in [3.8, 4) is 5.75 Å². The van der Waals surface area contributed by atoms with Crippen LogP contribution < -0.4 is 10.1 Å². The molecule has 2 amide bonds. The molecule has 144 valence electrons. The predicted molar refractivity (Wildman–Crippen MR) is 99.5 cm³/mol. The Bertz CT molecular complexity index is 830. The summed E-state index contributed by atoms with van der Waals surface area (Å²) in [5.41, 5.74) is 1.55. The van der Waals surface area contributed by atoms with Crippen LogP contribution in [0.3, 0.4) is 0 Å². The van der Waals surface area contributed by atoms with Crippen molar-refractivity contribution in [3.05, 3.63) is 58.6 Å². The van der Waals surface area contributed by atoms with Crippen LogP contribution in [0.15, 0.2) is 42.5 Å². The lowest BCUT2D eigenvalue weighted by atomic mass is 10.2. The average Bonchev–Trinajstić information content (AvgIpc) is 2.62. The summed E-state index contributed by atoms with van der Waals surface area (Å²) in [6.45, 7) is 0.629. The molecule has 1 N–H and O–H groups in total. The first-order valence-corrected chi connectivity index (χ1v) is 8.58. The minimum atomic E-state index is -2.98. The molecule has 0 saturated heterocycles. The second-order valence-corrected chi connectivity index (χ2v) is 6.17. The molecule has 2 aromatic rings. The van der Waals surface area contributed by atoms with Crippen molar-refractivity contribution in [2.24, 2.45) is 0 Å². The van der Waals surface area contributed by atoms with Gasteiger partial charge in [-0.3, -0.25) is 9.59 Å². The first-order valence-electron chi connectivity index (χ1n) is 8.20. The molecule has 0 unspecified atom stereocenters. The van der Waals surface area contributed by atoms with E-state index in [2.05, 4.69) is 10.1 Å². The summed E-state index contributed by atoms with van der Waals surface area (Å²) in [6, 6.07) is 10.6. The number of likely N-dealkylation sites (N-methyl/N-ethyl adjacent to an activating group) is 1. The lowest BCUT2D eigenvalue weighted by Gasteiger charge is -2.21. The smallest absolute Gasteiger partial charge is 0.387 e. The number of alkyl halides is 2. The zero-order chi connectivity index (χ0) is 20.0. The number of nitrogens with zero attached hydrogens (tertiary/aromatic N) is 1. The van der Waals surface area contributed by atoms with Crippen LogP contribution in [0, 0.1) is 6.92 Å². The molecule has 0 heterocycles. The first-order chi connectivity index (χ1) is 12.8. The monoisotopic (exact) mass is 396 g/mol. The topological polar surface area (TPSA) is 58.6 Å². The molecule has 5 nitrogen and oxygen atoms in total. The zero-order valence-corrected chi connectivity index (χ0v) is 15.6. The van der Waals surface area contributed by atoms with E-state index in [-0.39, 0.29) is 24.4 Å². The van der Waals surface area contributed by atoms with E-state index in [1.807, 2.05) is 6.92 Å². The Morgan fingerprint density at radius 1 is 1.22 bits per heavy atom. The molecule has 8 heteroatoms. The van der Waals surface area contributed by atoms with Crippen LogP contribution in [-0.4, -0.2) is 36.4 Å². The third kappa shape index (κ3) is 5.92. The van der Waals surface area contributed by atoms with E-state index in [1.165, 1.54) is 29.2 Å². The number of nitrogens with one attached hydrogen (secondary N) is 1. The number of amides is 2. The van der Waals surface area contributed by atoms with Crippen molar-refractivity contribution in [1.29, 1.82) is 0 Å². The van der Waals surface area contributed by atoms with Gasteiger partial charge in [0.15, 0.2) is 0 Å². The molecule has 2 rings (SSSR count). The number of anilines is 1. The third-order valence-corrected chi connectivity index (χ3v) is 4.02. The number of hydrogen-bond donors (Lipinski definition) is 1. The van der Waals surface area contributed by atoms with E-state index < -0.39 is 18.4 Å². The van der Waals surface area contributed by atoms with E-state index in [4.69, 9.17) is 11.6 Å². The number of benzene rings is 2. The summed E-state index contributed by atoms with van der Waals surface area (Å²) in [5.74, 6) is -0.975. The Hall–Kier alpha value is -2.67. The Labute approximate surface area is 160 Å². The highest BCUT2D eigenvalue weighted by Crippen LogP contribution is 2.20. The molecule has 0 spiro atoms. The lowest BCUT2D eigenvalue weighted by Crippen LogP contribution is -2.38. The SMILES string of the molecule is CCN(CC(=O)Nc1cc(Cl)ccc1C)C(=O)c1cccc(OC(F)F)c1. The van der Waals surface area contributed by atoms with Gasteiger partial charge in [0.25, 0.3) is 5.91 Å². The van der Waals surface area contributed by atoms with Crippen molar-refractivity contribution in [1.82, 2.24) is 4.90 Å². The van der Waals surface area contributed by atoms with Crippen LogP contribution in [0.4, 0.5) is 14.5 Å². The highest BCUT2D eigenvalue weighted by atomic mass is 35.5. The summed E-state index contributed by atoms with van der Waals surface area (Å²) in [4.78, 5) is 26.2. The fraction of sp³-hybridized carbons (Fsp3) is 0.263. The van der Waals surface area contributed by atoms with Crippen LogP contribution in [0.2, 0.25) is 5.02 Å². The molecular weight excluding hydrogens is 378 g/mol. The Balaban J connectivity index is 2.08. The summed E-state index contributed by atoms with van der Waals surface area (Å²) in [5, 5.41) is 3.20. The van der Waals surface area contributed by atoms with Gasteiger partial charge in [-0.25, -0.2) is 0 Å². The summed E-state index contributed by atoms with van der Waals surface area (Å²) in [6.07, 6.45) is 0. The van der Waals surface area contributed by atoms with E-state index in [1.54, 1.807) is 25.1 Å². The minimum absolute atomic E-state index is 0.120. The molecule has 2 aromatic carbocycles. The van der Waals surface area contributed by atoms with Crippen LogP contribution in [-0.2, 0) is 4.79 Å². The number of hydrogen-bond acceptors (Lipinski definition) is 3. The highest BCUT2D eigenvalue weighted by Gasteiger charge is 2.19. The van der Waals surface area contributed by atoms with Gasteiger partial charge in [-0.05, 0) is 49.7 Å². The maximum atomic E-state index is 12.6. The maximum absolute atomic E-state index is 12.6. The van der Waals surface area contributed by atoms with E-state index >= 15 is 0 Å². The van der Waals surface area contributed by atoms with E-state index in [9.17, 15) is 18.4 Å². The fourth-order valence-electron chi connectivity index (χ4n) is 2.41. The van der Waals surface area contributed by atoms with Crippen molar-refractivity contribution in [2.75, 3.05) is 18.4 Å². The predicted octanol–water partition coefficient (Wildman–Crippen LogP) is 4.35. The van der Waals surface area contributed by atoms with Crippen molar-refractivity contribution in [2.45, 2.75) is 20.5 Å². The van der Waals surface area contributed by atoms with Crippen LogP contribution in [0.25, 0.3) is 0 Å². The number of carbonyl (C=O) groups excluding carboxylic acids is 2. The quantitative estimate of drug-likeness (QED) is 0.756. The lowest BCUT2D eigenvalue weighted by molar-refractivity contribution is -0.116. The van der Waals surface area contributed by atoms with Crippen molar-refractivity contribution in [3.63, 3.8) is 0 Å². The highest BCUT2D eigenvalue weighted by molar-refractivity contribution is 6.31. The summed E-state index contributed by atoms with van der Waals surface area (Å²) < 4.78 is 29.0.